The monoisotopic (exact) mass is 456 g/mol. The van der Waals surface area contributed by atoms with Crippen LogP contribution in [0.2, 0.25) is 0 Å². The molecule has 4 rings (SSSR count). The minimum atomic E-state index is -0.571. The Morgan fingerprint density at radius 2 is 1.76 bits per heavy atom. The number of nitrogens with one attached hydrogen (secondary N) is 1. The molecule has 11 heteroatoms. The Bertz CT molecular complexity index is 975. The zero-order valence-electron chi connectivity index (χ0n) is 18.4. The number of rotatable bonds is 8. The first kappa shape index (κ1) is 22.9. The van der Waals surface area contributed by atoms with Crippen LogP contribution in [0.5, 0.6) is 5.88 Å². The standard InChI is InChI=1S/C22H28N6O5/c23-20(29)16-2-1-3-17(14-16)24-21(30)18-15-19(33-13-6-27-4-9-31-10-5-27)26-22(25-18)28-7-11-32-12-8-28/h1-3,14-15H,4-13H2,(H2,23,29)(H,24,30). The van der Waals surface area contributed by atoms with E-state index in [0.717, 1.165) is 32.8 Å². The third-order valence-electron chi connectivity index (χ3n) is 5.38. The molecule has 0 bridgehead atoms. The van der Waals surface area contributed by atoms with E-state index in [2.05, 4.69) is 20.2 Å². The third kappa shape index (κ3) is 6.37. The second-order valence-corrected chi connectivity index (χ2v) is 7.69. The molecule has 11 nitrogen and oxygen atoms in total. The first-order valence-electron chi connectivity index (χ1n) is 10.9. The normalized spacial score (nSPS) is 16.9. The van der Waals surface area contributed by atoms with Gasteiger partial charge in [0.2, 0.25) is 17.7 Å². The van der Waals surface area contributed by atoms with Gasteiger partial charge in [-0.2, -0.15) is 4.98 Å². The quantitative estimate of drug-likeness (QED) is 0.578. The van der Waals surface area contributed by atoms with Gasteiger partial charge >= 0.3 is 0 Å². The summed E-state index contributed by atoms with van der Waals surface area (Å²) >= 11 is 0. The highest BCUT2D eigenvalue weighted by Crippen LogP contribution is 2.19. The van der Waals surface area contributed by atoms with Gasteiger partial charge in [0, 0.05) is 50.0 Å². The van der Waals surface area contributed by atoms with E-state index in [1.807, 2.05) is 4.90 Å². The van der Waals surface area contributed by atoms with Crippen molar-refractivity contribution >= 4 is 23.5 Å². The van der Waals surface area contributed by atoms with Gasteiger partial charge in [0.05, 0.1) is 26.4 Å². The van der Waals surface area contributed by atoms with Crippen LogP contribution < -0.4 is 20.7 Å². The van der Waals surface area contributed by atoms with Crippen molar-refractivity contribution in [1.82, 2.24) is 14.9 Å². The molecular weight excluding hydrogens is 428 g/mol. The lowest BCUT2D eigenvalue weighted by molar-refractivity contribution is 0.0320. The Morgan fingerprint density at radius 3 is 2.48 bits per heavy atom. The maximum absolute atomic E-state index is 13.0. The number of carbonyl (C=O) groups is 2. The molecule has 0 radical (unpaired) electrons. The molecular formula is C22H28N6O5. The summed E-state index contributed by atoms with van der Waals surface area (Å²) in [6.45, 7) is 6.71. The fourth-order valence-electron chi connectivity index (χ4n) is 3.56. The van der Waals surface area contributed by atoms with Crippen LogP contribution in [0.4, 0.5) is 11.6 Å². The summed E-state index contributed by atoms with van der Waals surface area (Å²) < 4.78 is 16.7. The summed E-state index contributed by atoms with van der Waals surface area (Å²) in [6, 6.07) is 7.95. The smallest absolute Gasteiger partial charge is 0.274 e. The average molecular weight is 457 g/mol. The van der Waals surface area contributed by atoms with Gasteiger partial charge in [-0.25, -0.2) is 4.98 Å². The van der Waals surface area contributed by atoms with Gasteiger partial charge in [0.15, 0.2) is 0 Å². The van der Waals surface area contributed by atoms with E-state index in [4.69, 9.17) is 19.9 Å². The number of ether oxygens (including phenoxy) is 3. The Balaban J connectivity index is 1.49. The highest BCUT2D eigenvalue weighted by atomic mass is 16.5. The zero-order chi connectivity index (χ0) is 23.0. The van der Waals surface area contributed by atoms with Crippen molar-refractivity contribution in [2.75, 3.05) is 76.0 Å². The van der Waals surface area contributed by atoms with E-state index in [0.29, 0.717) is 56.0 Å². The largest absolute Gasteiger partial charge is 0.476 e. The van der Waals surface area contributed by atoms with E-state index in [1.165, 1.54) is 12.1 Å². The van der Waals surface area contributed by atoms with Gasteiger partial charge in [-0.15, -0.1) is 0 Å². The number of carbonyl (C=O) groups excluding carboxylic acids is 2. The number of hydrogen-bond acceptors (Lipinski definition) is 9. The van der Waals surface area contributed by atoms with Gasteiger partial charge in [-0.1, -0.05) is 6.07 Å². The number of primary amides is 1. The Hall–Kier alpha value is -3.28. The summed E-state index contributed by atoms with van der Waals surface area (Å²) in [7, 11) is 0. The van der Waals surface area contributed by atoms with Crippen molar-refractivity contribution in [3.63, 3.8) is 0 Å². The van der Waals surface area contributed by atoms with Crippen LogP contribution >= 0.6 is 0 Å². The molecule has 2 fully saturated rings. The van der Waals surface area contributed by atoms with E-state index < -0.39 is 11.8 Å². The van der Waals surface area contributed by atoms with Crippen molar-refractivity contribution in [2.45, 2.75) is 0 Å². The van der Waals surface area contributed by atoms with E-state index in [1.54, 1.807) is 18.2 Å². The van der Waals surface area contributed by atoms with Crippen molar-refractivity contribution < 1.29 is 23.8 Å². The highest BCUT2D eigenvalue weighted by Gasteiger charge is 2.20. The lowest BCUT2D eigenvalue weighted by Gasteiger charge is -2.27. The fraction of sp³-hybridized carbons (Fsp3) is 0.455. The molecule has 0 aliphatic carbocycles. The van der Waals surface area contributed by atoms with E-state index in [9.17, 15) is 9.59 Å². The highest BCUT2D eigenvalue weighted by molar-refractivity contribution is 6.04. The molecule has 2 amide bonds. The molecule has 3 N–H and O–H groups in total. The number of hydrogen-bond donors (Lipinski definition) is 2. The number of amides is 2. The Labute approximate surface area is 191 Å². The minimum absolute atomic E-state index is 0.164. The molecule has 2 aromatic rings. The molecule has 2 aliphatic rings. The zero-order valence-corrected chi connectivity index (χ0v) is 18.4. The van der Waals surface area contributed by atoms with Gasteiger partial charge in [-0.05, 0) is 18.2 Å². The summed E-state index contributed by atoms with van der Waals surface area (Å²) in [5.41, 5.74) is 6.24. The van der Waals surface area contributed by atoms with Gasteiger partial charge < -0.3 is 30.2 Å². The van der Waals surface area contributed by atoms with Crippen LogP contribution in [0, 0.1) is 0 Å². The van der Waals surface area contributed by atoms with Crippen LogP contribution in [-0.4, -0.2) is 92.4 Å². The van der Waals surface area contributed by atoms with Crippen molar-refractivity contribution in [3.05, 3.63) is 41.6 Å². The summed E-state index contributed by atoms with van der Waals surface area (Å²) in [5, 5.41) is 2.76. The van der Waals surface area contributed by atoms with Crippen LogP contribution in [0.25, 0.3) is 0 Å². The molecule has 2 saturated heterocycles. The molecule has 33 heavy (non-hydrogen) atoms. The molecule has 0 saturated carbocycles. The van der Waals surface area contributed by atoms with Crippen molar-refractivity contribution in [3.8, 4) is 5.88 Å². The van der Waals surface area contributed by atoms with Crippen molar-refractivity contribution in [2.24, 2.45) is 5.73 Å². The number of morpholine rings is 2. The molecule has 2 aliphatic heterocycles. The SMILES string of the molecule is NC(=O)c1cccc(NC(=O)c2cc(OCCN3CCOCC3)nc(N3CCOCC3)n2)c1. The summed E-state index contributed by atoms with van der Waals surface area (Å²) in [6.07, 6.45) is 0. The minimum Gasteiger partial charge on any atom is -0.476 e. The van der Waals surface area contributed by atoms with Crippen LogP contribution in [0.15, 0.2) is 30.3 Å². The number of benzene rings is 1. The van der Waals surface area contributed by atoms with Gasteiger partial charge in [0.25, 0.3) is 5.91 Å². The molecule has 3 heterocycles. The average Bonchev–Trinajstić information content (AvgIpc) is 2.85. The second-order valence-electron chi connectivity index (χ2n) is 7.69. The Morgan fingerprint density at radius 1 is 1.03 bits per heavy atom. The Kier molecular flexibility index (Phi) is 7.66. The second kappa shape index (κ2) is 11.0. The van der Waals surface area contributed by atoms with E-state index >= 15 is 0 Å². The molecule has 1 aromatic heterocycles. The predicted octanol–water partition coefficient (Wildman–Crippen LogP) is 0.375. The first-order valence-corrected chi connectivity index (χ1v) is 10.9. The molecule has 0 unspecified atom stereocenters. The lowest BCUT2D eigenvalue weighted by Crippen LogP contribution is -2.39. The number of anilines is 2. The molecule has 1 aromatic carbocycles. The van der Waals surface area contributed by atoms with Crippen LogP contribution in [0.1, 0.15) is 20.8 Å². The maximum atomic E-state index is 13.0. The van der Waals surface area contributed by atoms with E-state index in [-0.39, 0.29) is 5.69 Å². The summed E-state index contributed by atoms with van der Waals surface area (Å²) in [4.78, 5) is 37.6. The van der Waals surface area contributed by atoms with Gasteiger partial charge in [0.1, 0.15) is 12.3 Å². The number of nitrogens with zero attached hydrogens (tertiary/aromatic N) is 4. The van der Waals surface area contributed by atoms with Crippen LogP contribution in [-0.2, 0) is 9.47 Å². The van der Waals surface area contributed by atoms with Crippen molar-refractivity contribution in [1.29, 1.82) is 0 Å². The maximum Gasteiger partial charge on any atom is 0.274 e. The van der Waals surface area contributed by atoms with Crippen LogP contribution in [0.3, 0.4) is 0 Å². The molecule has 0 atom stereocenters. The number of aromatic nitrogens is 2. The fourth-order valence-corrected chi connectivity index (χ4v) is 3.56. The first-order chi connectivity index (χ1) is 16.1. The number of nitrogens with two attached hydrogens (primary N) is 1. The summed E-state index contributed by atoms with van der Waals surface area (Å²) in [5.74, 6) is -0.265. The van der Waals surface area contributed by atoms with Gasteiger partial charge in [-0.3, -0.25) is 14.5 Å². The molecule has 0 spiro atoms. The predicted molar refractivity (Wildman–Crippen MR) is 121 cm³/mol. The topological polar surface area (TPSA) is 132 Å². The molecule has 176 valence electrons. The third-order valence-corrected chi connectivity index (χ3v) is 5.38. The lowest BCUT2D eigenvalue weighted by atomic mass is 10.2.